The third kappa shape index (κ3) is 3.94. The minimum Gasteiger partial charge on any atom is -0.495 e. The van der Waals surface area contributed by atoms with Gasteiger partial charge in [-0.15, -0.1) is 5.10 Å². The Labute approximate surface area is 149 Å². The average molecular weight is 353 g/mol. The van der Waals surface area contributed by atoms with Crippen LogP contribution in [0.3, 0.4) is 0 Å². The Balaban J connectivity index is 1.85. The highest BCUT2D eigenvalue weighted by Crippen LogP contribution is 2.30. The van der Waals surface area contributed by atoms with Crippen LogP contribution >= 0.6 is 11.6 Å². The minimum atomic E-state index is 0.258. The van der Waals surface area contributed by atoms with Gasteiger partial charge in [0.05, 0.1) is 30.2 Å². The van der Waals surface area contributed by atoms with E-state index in [0.717, 1.165) is 0 Å². The number of nitrogens with zero attached hydrogens (tertiary/aromatic N) is 4. The van der Waals surface area contributed by atoms with Crippen LogP contribution in [-0.2, 0) is 0 Å². The van der Waals surface area contributed by atoms with E-state index in [4.69, 9.17) is 21.6 Å². The minimum absolute atomic E-state index is 0.258. The molecular formula is C17H13ClN6O. The van der Waals surface area contributed by atoms with Crippen molar-refractivity contribution in [3.8, 4) is 11.8 Å². The van der Waals surface area contributed by atoms with Crippen molar-refractivity contribution in [2.24, 2.45) is 0 Å². The summed E-state index contributed by atoms with van der Waals surface area (Å²) in [6, 6.07) is 14.4. The van der Waals surface area contributed by atoms with Gasteiger partial charge in [-0.25, -0.2) is 0 Å². The molecule has 124 valence electrons. The van der Waals surface area contributed by atoms with E-state index in [1.807, 2.05) is 6.07 Å². The summed E-state index contributed by atoms with van der Waals surface area (Å²) in [5, 5.41) is 23.6. The molecule has 25 heavy (non-hydrogen) atoms. The molecule has 0 aliphatic heterocycles. The van der Waals surface area contributed by atoms with Crippen molar-refractivity contribution >= 4 is 34.7 Å². The summed E-state index contributed by atoms with van der Waals surface area (Å²) in [5.74, 6) is 1.33. The largest absolute Gasteiger partial charge is 0.495 e. The van der Waals surface area contributed by atoms with E-state index in [2.05, 4.69) is 31.9 Å². The molecule has 1 aromatic heterocycles. The van der Waals surface area contributed by atoms with E-state index in [9.17, 15) is 0 Å². The van der Waals surface area contributed by atoms with Crippen LogP contribution < -0.4 is 15.4 Å². The number of hydrogen-bond donors (Lipinski definition) is 2. The molecule has 0 spiro atoms. The standard InChI is InChI=1S/C17H13ClN6O/c1-25-15-7-6-12(18)8-14(15)21-16-10-20-24-17(23-16)22-13-5-3-2-4-11(13)9-19/h2-8,10H,1H3,(H2,21,22,23,24). The second-order valence-electron chi connectivity index (χ2n) is 4.92. The maximum atomic E-state index is 9.14. The predicted molar refractivity (Wildman–Crippen MR) is 95.6 cm³/mol. The highest BCUT2D eigenvalue weighted by atomic mass is 35.5. The summed E-state index contributed by atoms with van der Waals surface area (Å²) in [7, 11) is 1.57. The van der Waals surface area contributed by atoms with Gasteiger partial charge >= 0.3 is 0 Å². The van der Waals surface area contributed by atoms with Gasteiger partial charge in [0.2, 0.25) is 5.95 Å². The van der Waals surface area contributed by atoms with E-state index < -0.39 is 0 Å². The van der Waals surface area contributed by atoms with Crippen molar-refractivity contribution in [3.05, 3.63) is 59.2 Å². The topological polar surface area (TPSA) is 95.8 Å². The molecule has 7 nitrogen and oxygen atoms in total. The lowest BCUT2D eigenvalue weighted by molar-refractivity contribution is 0.417. The van der Waals surface area contributed by atoms with E-state index in [-0.39, 0.29) is 5.95 Å². The number of anilines is 4. The first-order valence-electron chi connectivity index (χ1n) is 7.26. The molecule has 0 bridgehead atoms. The number of hydrogen-bond acceptors (Lipinski definition) is 7. The SMILES string of the molecule is COc1ccc(Cl)cc1Nc1cnnc(Nc2ccccc2C#N)n1. The first kappa shape index (κ1) is 16.5. The van der Waals surface area contributed by atoms with Crippen LogP contribution in [0.4, 0.5) is 23.1 Å². The lowest BCUT2D eigenvalue weighted by Crippen LogP contribution is -2.04. The average Bonchev–Trinajstić information content (AvgIpc) is 2.63. The lowest BCUT2D eigenvalue weighted by atomic mass is 10.2. The molecule has 0 atom stereocenters. The first-order valence-corrected chi connectivity index (χ1v) is 7.64. The highest BCUT2D eigenvalue weighted by Gasteiger charge is 2.08. The van der Waals surface area contributed by atoms with Crippen molar-refractivity contribution in [1.29, 1.82) is 5.26 Å². The van der Waals surface area contributed by atoms with Gasteiger partial charge in [0, 0.05) is 5.02 Å². The fourth-order valence-corrected chi connectivity index (χ4v) is 2.31. The quantitative estimate of drug-likeness (QED) is 0.719. The van der Waals surface area contributed by atoms with Crippen LogP contribution in [0.15, 0.2) is 48.7 Å². The van der Waals surface area contributed by atoms with E-state index >= 15 is 0 Å². The molecule has 0 saturated heterocycles. The Morgan fingerprint density at radius 3 is 2.76 bits per heavy atom. The van der Waals surface area contributed by atoms with Crippen LogP contribution in [-0.4, -0.2) is 22.3 Å². The number of nitriles is 1. The molecule has 3 rings (SSSR count). The zero-order valence-corrected chi connectivity index (χ0v) is 13.9. The van der Waals surface area contributed by atoms with E-state index in [0.29, 0.717) is 33.5 Å². The maximum Gasteiger partial charge on any atom is 0.249 e. The Bertz CT molecular complexity index is 940. The number of methoxy groups -OCH3 is 1. The van der Waals surface area contributed by atoms with Crippen molar-refractivity contribution in [2.45, 2.75) is 0 Å². The van der Waals surface area contributed by atoms with Crippen LogP contribution in [0, 0.1) is 11.3 Å². The molecule has 0 fully saturated rings. The number of halogens is 1. The van der Waals surface area contributed by atoms with Crippen LogP contribution in [0.25, 0.3) is 0 Å². The summed E-state index contributed by atoms with van der Waals surface area (Å²) >= 11 is 6.03. The molecule has 0 unspecified atom stereocenters. The molecule has 2 N–H and O–H groups in total. The van der Waals surface area contributed by atoms with Gasteiger partial charge in [0.15, 0.2) is 5.82 Å². The lowest BCUT2D eigenvalue weighted by Gasteiger charge is -2.11. The van der Waals surface area contributed by atoms with E-state index in [1.165, 1.54) is 6.20 Å². The molecule has 0 aliphatic carbocycles. The van der Waals surface area contributed by atoms with Crippen LogP contribution in [0.5, 0.6) is 5.75 Å². The predicted octanol–water partition coefficient (Wildman–Crippen LogP) is 3.89. The monoisotopic (exact) mass is 352 g/mol. The zero-order valence-electron chi connectivity index (χ0n) is 13.2. The third-order valence-corrected chi connectivity index (χ3v) is 3.51. The number of para-hydroxylation sites is 1. The normalized spacial score (nSPS) is 9.96. The Morgan fingerprint density at radius 1 is 1.12 bits per heavy atom. The van der Waals surface area contributed by atoms with Gasteiger partial charge < -0.3 is 15.4 Å². The maximum absolute atomic E-state index is 9.14. The Hall–Kier alpha value is -3.37. The van der Waals surface area contributed by atoms with Crippen molar-refractivity contribution in [3.63, 3.8) is 0 Å². The van der Waals surface area contributed by atoms with Gasteiger partial charge in [-0.05, 0) is 30.3 Å². The molecule has 0 saturated carbocycles. The van der Waals surface area contributed by atoms with Gasteiger partial charge in [-0.1, -0.05) is 23.7 Å². The summed E-state index contributed by atoms with van der Waals surface area (Å²) in [5.41, 5.74) is 1.74. The third-order valence-electron chi connectivity index (χ3n) is 3.28. The van der Waals surface area contributed by atoms with Gasteiger partial charge in [0.25, 0.3) is 0 Å². The number of rotatable bonds is 5. The summed E-state index contributed by atoms with van der Waals surface area (Å²) < 4.78 is 5.29. The van der Waals surface area contributed by atoms with Gasteiger partial charge in [0.1, 0.15) is 11.8 Å². The fourth-order valence-electron chi connectivity index (χ4n) is 2.14. The second-order valence-corrected chi connectivity index (χ2v) is 5.35. The molecule has 0 aliphatic rings. The molecule has 1 heterocycles. The molecular weight excluding hydrogens is 340 g/mol. The molecule has 0 radical (unpaired) electrons. The Kier molecular flexibility index (Phi) is 4.92. The van der Waals surface area contributed by atoms with E-state index in [1.54, 1.807) is 43.5 Å². The summed E-state index contributed by atoms with van der Waals surface area (Å²) in [4.78, 5) is 4.34. The van der Waals surface area contributed by atoms with Gasteiger partial charge in [-0.3, -0.25) is 0 Å². The fraction of sp³-hybridized carbons (Fsp3) is 0.0588. The van der Waals surface area contributed by atoms with Crippen molar-refractivity contribution < 1.29 is 4.74 Å². The van der Waals surface area contributed by atoms with Crippen molar-refractivity contribution in [2.75, 3.05) is 17.7 Å². The van der Waals surface area contributed by atoms with Crippen LogP contribution in [0.1, 0.15) is 5.56 Å². The number of ether oxygens (including phenoxy) is 1. The summed E-state index contributed by atoms with van der Waals surface area (Å²) in [6.45, 7) is 0. The second kappa shape index (κ2) is 7.47. The molecule has 0 amide bonds. The van der Waals surface area contributed by atoms with Gasteiger partial charge in [-0.2, -0.15) is 15.3 Å². The number of aromatic nitrogens is 3. The first-order chi connectivity index (χ1) is 12.2. The number of benzene rings is 2. The zero-order chi connectivity index (χ0) is 17.6. The van der Waals surface area contributed by atoms with Crippen LogP contribution in [0.2, 0.25) is 5.02 Å². The smallest absolute Gasteiger partial charge is 0.249 e. The summed E-state index contributed by atoms with van der Waals surface area (Å²) in [6.07, 6.45) is 1.47. The molecule has 3 aromatic rings. The Morgan fingerprint density at radius 2 is 1.96 bits per heavy atom. The molecule has 8 heteroatoms. The molecule has 2 aromatic carbocycles. The highest BCUT2D eigenvalue weighted by molar-refractivity contribution is 6.31. The number of nitrogens with one attached hydrogen (secondary N) is 2. The van der Waals surface area contributed by atoms with Crippen molar-refractivity contribution in [1.82, 2.24) is 15.2 Å².